The molecule has 3 rings (SSSR count). The van der Waals surface area contributed by atoms with Gasteiger partial charge in [-0.3, -0.25) is 5.84 Å². The average molecular weight is 361 g/mol. The molecular weight excluding hydrogens is 334 g/mol. The summed E-state index contributed by atoms with van der Waals surface area (Å²) < 4.78 is 11.2. The van der Waals surface area contributed by atoms with E-state index in [2.05, 4.69) is 10.4 Å². The average Bonchev–Trinajstić information content (AvgIpc) is 3.02. The van der Waals surface area contributed by atoms with Crippen LogP contribution in [-0.4, -0.2) is 35.8 Å². The first-order valence-electron chi connectivity index (χ1n) is 8.78. The van der Waals surface area contributed by atoms with Gasteiger partial charge in [0.15, 0.2) is 5.58 Å². The number of nitrogens with two attached hydrogens (primary N) is 2. The number of ether oxygens (including phenoxy) is 1. The maximum absolute atomic E-state index is 12.3. The van der Waals surface area contributed by atoms with E-state index in [1.54, 1.807) is 6.26 Å². The van der Waals surface area contributed by atoms with Crippen LogP contribution < -0.4 is 22.0 Å². The third kappa shape index (κ3) is 3.71. The van der Waals surface area contributed by atoms with Crippen LogP contribution in [0.3, 0.4) is 0 Å². The van der Waals surface area contributed by atoms with E-state index < -0.39 is 11.6 Å². The van der Waals surface area contributed by atoms with Gasteiger partial charge in [0.1, 0.15) is 6.10 Å². The molecule has 0 unspecified atom stereocenters. The van der Waals surface area contributed by atoms with Gasteiger partial charge in [0, 0.05) is 37.0 Å². The highest BCUT2D eigenvalue weighted by Crippen LogP contribution is 2.32. The number of anilines is 2. The smallest absolute Gasteiger partial charge is 0.426 e. The second-order valence-corrected chi connectivity index (χ2v) is 7.58. The van der Waals surface area contributed by atoms with Crippen LogP contribution >= 0.6 is 0 Å². The lowest BCUT2D eigenvalue weighted by atomic mass is 10.1. The van der Waals surface area contributed by atoms with Gasteiger partial charge < -0.3 is 19.8 Å². The number of carbonyl (C=O) groups is 1. The van der Waals surface area contributed by atoms with E-state index in [1.807, 2.05) is 39.0 Å². The number of hydrazine groups is 2. The molecule has 1 fully saturated rings. The molecule has 0 saturated carbocycles. The van der Waals surface area contributed by atoms with Crippen molar-refractivity contribution < 1.29 is 13.9 Å². The molecule has 2 heterocycles. The number of fused-ring (bicyclic) bond motifs is 1. The first-order chi connectivity index (χ1) is 12.3. The number of nitrogens with one attached hydrogen (secondary N) is 1. The summed E-state index contributed by atoms with van der Waals surface area (Å²) in [5.74, 6) is 5.46. The monoisotopic (exact) mass is 361 g/mol. The Labute approximate surface area is 153 Å². The van der Waals surface area contributed by atoms with Crippen LogP contribution in [0.4, 0.5) is 16.2 Å². The van der Waals surface area contributed by atoms with Crippen LogP contribution in [0.25, 0.3) is 11.0 Å². The van der Waals surface area contributed by atoms with Gasteiger partial charge in [-0.1, -0.05) is 0 Å². The molecule has 0 atom stereocenters. The molecule has 1 saturated heterocycles. The number of benzene rings is 1. The molecule has 1 aromatic carbocycles. The van der Waals surface area contributed by atoms with Gasteiger partial charge in [0.2, 0.25) is 0 Å². The first kappa shape index (κ1) is 18.3. The zero-order chi connectivity index (χ0) is 18.9. The second kappa shape index (κ2) is 7.05. The maximum Gasteiger partial charge on any atom is 0.426 e. The lowest BCUT2D eigenvalue weighted by Gasteiger charge is -2.37. The van der Waals surface area contributed by atoms with Crippen LogP contribution in [0, 0.1) is 0 Å². The van der Waals surface area contributed by atoms with Crippen LogP contribution in [0.1, 0.15) is 33.6 Å². The minimum atomic E-state index is -0.473. The van der Waals surface area contributed by atoms with E-state index in [0.717, 1.165) is 42.6 Å². The van der Waals surface area contributed by atoms with Crippen molar-refractivity contribution in [3.05, 3.63) is 24.5 Å². The molecule has 8 nitrogen and oxygen atoms in total. The van der Waals surface area contributed by atoms with Crippen LogP contribution in [-0.2, 0) is 4.74 Å². The van der Waals surface area contributed by atoms with Crippen molar-refractivity contribution in [1.29, 1.82) is 0 Å². The lowest BCUT2D eigenvalue weighted by Crippen LogP contribution is -2.57. The van der Waals surface area contributed by atoms with Crippen LogP contribution in [0.2, 0.25) is 0 Å². The third-order valence-corrected chi connectivity index (χ3v) is 4.59. The van der Waals surface area contributed by atoms with Gasteiger partial charge in [0.05, 0.1) is 17.5 Å². The number of nitrogen functional groups attached to an aromatic ring is 1. The molecule has 1 aliphatic rings. The van der Waals surface area contributed by atoms with Crippen LogP contribution in [0.5, 0.6) is 0 Å². The summed E-state index contributed by atoms with van der Waals surface area (Å²) in [6.45, 7) is 7.15. The molecule has 5 N–H and O–H groups in total. The molecule has 2 aromatic rings. The van der Waals surface area contributed by atoms with Gasteiger partial charge in [-0.25, -0.2) is 9.80 Å². The Kier molecular flexibility index (Phi) is 4.97. The molecule has 1 amide bonds. The fraction of sp³-hybridized carbons (Fsp3) is 0.500. The van der Waals surface area contributed by atoms with Crippen molar-refractivity contribution in [1.82, 2.24) is 10.5 Å². The fourth-order valence-corrected chi connectivity index (χ4v) is 3.25. The minimum Gasteiger partial charge on any atom is -0.462 e. The quantitative estimate of drug-likeness (QED) is 0.438. The summed E-state index contributed by atoms with van der Waals surface area (Å²) in [5, 5.41) is 2.28. The van der Waals surface area contributed by atoms with E-state index in [0.29, 0.717) is 5.69 Å². The number of hydrogen-bond donors (Lipinski definition) is 3. The summed E-state index contributed by atoms with van der Waals surface area (Å²) in [6.07, 6.45) is 2.51. The highest BCUT2D eigenvalue weighted by Gasteiger charge is 2.31. The number of hydrogen-bond acceptors (Lipinski definition) is 7. The molecule has 1 aliphatic heterocycles. The number of rotatable bonds is 3. The van der Waals surface area contributed by atoms with Gasteiger partial charge in [-0.2, -0.15) is 5.53 Å². The van der Waals surface area contributed by atoms with E-state index in [-0.39, 0.29) is 6.10 Å². The predicted octanol–water partition coefficient (Wildman–Crippen LogP) is 2.60. The second-order valence-electron chi connectivity index (χ2n) is 7.58. The SMILES string of the molecule is CC(C)(C)N(NN)C(=O)OC1CCN(c2cc(N)cc3ccoc23)CC1. The minimum absolute atomic E-state index is 0.148. The molecule has 142 valence electrons. The predicted molar refractivity (Wildman–Crippen MR) is 101 cm³/mol. The summed E-state index contributed by atoms with van der Waals surface area (Å²) >= 11 is 0. The molecule has 0 aliphatic carbocycles. The maximum atomic E-state index is 12.3. The number of furan rings is 1. The molecule has 1 aromatic heterocycles. The summed E-state index contributed by atoms with van der Waals surface area (Å²) in [4.78, 5) is 14.6. The Bertz CT molecular complexity index is 775. The van der Waals surface area contributed by atoms with Gasteiger partial charge in [-0.15, -0.1) is 0 Å². The molecule has 0 bridgehead atoms. The molecule has 8 heteroatoms. The third-order valence-electron chi connectivity index (χ3n) is 4.59. The molecule has 0 spiro atoms. The van der Waals surface area contributed by atoms with E-state index in [4.69, 9.17) is 20.7 Å². The van der Waals surface area contributed by atoms with Crippen molar-refractivity contribution in [3.63, 3.8) is 0 Å². The van der Waals surface area contributed by atoms with Gasteiger partial charge >= 0.3 is 6.09 Å². The highest BCUT2D eigenvalue weighted by atomic mass is 16.6. The van der Waals surface area contributed by atoms with Crippen molar-refractivity contribution in [3.8, 4) is 0 Å². The fourth-order valence-electron chi connectivity index (χ4n) is 3.25. The topological polar surface area (TPSA) is 110 Å². The summed E-state index contributed by atoms with van der Waals surface area (Å²) in [6, 6.07) is 5.74. The van der Waals surface area contributed by atoms with Gasteiger partial charge in [0.25, 0.3) is 0 Å². The lowest BCUT2D eigenvalue weighted by molar-refractivity contribution is 0.00814. The molecular formula is C18H27N5O3. The van der Waals surface area contributed by atoms with Crippen molar-refractivity contribution in [2.75, 3.05) is 23.7 Å². The van der Waals surface area contributed by atoms with E-state index in [9.17, 15) is 4.79 Å². The number of nitrogens with zero attached hydrogens (tertiary/aromatic N) is 2. The normalized spacial score (nSPS) is 16.1. The number of carbonyl (C=O) groups excluding carboxylic acids is 1. The van der Waals surface area contributed by atoms with Crippen LogP contribution in [0.15, 0.2) is 28.9 Å². The summed E-state index contributed by atoms with van der Waals surface area (Å²) in [7, 11) is 0. The molecule has 0 radical (unpaired) electrons. The van der Waals surface area contributed by atoms with Crippen molar-refractivity contribution in [2.45, 2.75) is 45.3 Å². The highest BCUT2D eigenvalue weighted by molar-refractivity contribution is 5.92. The number of amides is 1. The van der Waals surface area contributed by atoms with Crippen molar-refractivity contribution in [2.24, 2.45) is 5.84 Å². The first-order valence-corrected chi connectivity index (χ1v) is 8.78. The number of piperidine rings is 1. The Morgan fingerprint density at radius 1 is 1.35 bits per heavy atom. The Hall–Kier alpha value is -2.45. The standard InChI is InChI=1S/C18H27N5O3/c1-18(2,3)23(21-20)17(24)26-14-4-7-22(8-5-14)15-11-13(19)10-12-6-9-25-16(12)15/h6,9-11,14,21H,4-5,7-8,19-20H2,1-3H3. The van der Waals surface area contributed by atoms with E-state index in [1.165, 1.54) is 5.01 Å². The Morgan fingerprint density at radius 3 is 2.65 bits per heavy atom. The zero-order valence-electron chi connectivity index (χ0n) is 15.5. The largest absolute Gasteiger partial charge is 0.462 e. The molecule has 26 heavy (non-hydrogen) atoms. The van der Waals surface area contributed by atoms with E-state index >= 15 is 0 Å². The Morgan fingerprint density at radius 2 is 2.04 bits per heavy atom. The summed E-state index contributed by atoms with van der Waals surface area (Å²) in [5.41, 5.74) is 10.5. The Balaban J connectivity index is 1.64. The van der Waals surface area contributed by atoms with Gasteiger partial charge in [-0.05, 0) is 39.0 Å². The zero-order valence-corrected chi connectivity index (χ0v) is 15.5. The van der Waals surface area contributed by atoms with Crippen molar-refractivity contribution >= 4 is 28.4 Å².